The van der Waals surface area contributed by atoms with Gasteiger partial charge in [-0.25, -0.2) is 0 Å². The molecule has 0 saturated heterocycles. The van der Waals surface area contributed by atoms with Crippen LogP contribution >= 0.6 is 0 Å². The molecular formula is C13H14N2O6. The van der Waals surface area contributed by atoms with Gasteiger partial charge in [0.1, 0.15) is 4.92 Å². The number of carbonyl (C=O) groups excluding carboxylic acids is 1. The van der Waals surface area contributed by atoms with Crippen LogP contribution in [-0.2, 0) is 11.3 Å². The first-order chi connectivity index (χ1) is 10.1. The van der Waals surface area contributed by atoms with Gasteiger partial charge in [0.15, 0.2) is 5.76 Å². The zero-order valence-electron chi connectivity index (χ0n) is 11.4. The number of carbonyl (C=O) groups is 1. The summed E-state index contributed by atoms with van der Waals surface area (Å²) in [4.78, 5) is 23.7. The Hall–Kier alpha value is -2.61. The van der Waals surface area contributed by atoms with E-state index in [0.29, 0.717) is 19.7 Å². The highest BCUT2D eigenvalue weighted by Crippen LogP contribution is 2.18. The Morgan fingerprint density at radius 3 is 2.81 bits per heavy atom. The van der Waals surface area contributed by atoms with E-state index in [1.54, 1.807) is 6.07 Å². The van der Waals surface area contributed by atoms with Crippen molar-refractivity contribution in [1.29, 1.82) is 0 Å². The van der Waals surface area contributed by atoms with Crippen LogP contribution in [0.4, 0.5) is 5.88 Å². The van der Waals surface area contributed by atoms with Crippen LogP contribution in [-0.4, -0.2) is 36.0 Å². The molecule has 2 heterocycles. The molecule has 0 spiro atoms. The second-order valence-electron chi connectivity index (χ2n) is 4.25. The van der Waals surface area contributed by atoms with Gasteiger partial charge < -0.3 is 18.5 Å². The van der Waals surface area contributed by atoms with Crippen LogP contribution in [0.1, 0.15) is 16.1 Å². The molecule has 0 aliphatic rings. The van der Waals surface area contributed by atoms with Gasteiger partial charge in [-0.3, -0.25) is 14.9 Å². The Morgan fingerprint density at radius 1 is 1.43 bits per heavy atom. The van der Waals surface area contributed by atoms with Crippen molar-refractivity contribution in [3.63, 3.8) is 0 Å². The van der Waals surface area contributed by atoms with E-state index >= 15 is 0 Å². The molecule has 2 rings (SSSR count). The first kappa shape index (κ1) is 14.8. The summed E-state index contributed by atoms with van der Waals surface area (Å²) < 4.78 is 14.9. The lowest BCUT2D eigenvalue weighted by Gasteiger charge is -2.20. The van der Waals surface area contributed by atoms with Crippen LogP contribution in [0, 0.1) is 10.1 Å². The number of rotatable bonds is 7. The largest absolute Gasteiger partial charge is 0.472 e. The van der Waals surface area contributed by atoms with Gasteiger partial charge in [0.25, 0.3) is 5.91 Å². The Balaban J connectivity index is 2.13. The van der Waals surface area contributed by atoms with Crippen molar-refractivity contribution < 1.29 is 23.3 Å². The van der Waals surface area contributed by atoms with Crippen LogP contribution in [0.5, 0.6) is 0 Å². The minimum absolute atomic E-state index is 0.0821. The molecule has 8 heteroatoms. The molecule has 112 valence electrons. The topological polar surface area (TPSA) is 99.0 Å². The van der Waals surface area contributed by atoms with Crippen LogP contribution < -0.4 is 0 Å². The molecule has 2 aromatic rings. The third-order valence-electron chi connectivity index (χ3n) is 2.79. The van der Waals surface area contributed by atoms with Gasteiger partial charge in [0.05, 0.1) is 25.2 Å². The van der Waals surface area contributed by atoms with Crippen LogP contribution in [0.3, 0.4) is 0 Å². The first-order valence-corrected chi connectivity index (χ1v) is 6.15. The molecule has 0 aliphatic heterocycles. The third-order valence-corrected chi connectivity index (χ3v) is 2.79. The Bertz CT molecular complexity index is 604. The fourth-order valence-electron chi connectivity index (χ4n) is 1.75. The smallest absolute Gasteiger partial charge is 0.433 e. The van der Waals surface area contributed by atoms with E-state index in [4.69, 9.17) is 13.6 Å². The highest BCUT2D eigenvalue weighted by atomic mass is 16.6. The molecular weight excluding hydrogens is 280 g/mol. The molecule has 0 bridgehead atoms. The monoisotopic (exact) mass is 294 g/mol. The van der Waals surface area contributed by atoms with E-state index in [1.807, 2.05) is 0 Å². The maximum absolute atomic E-state index is 12.3. The molecule has 21 heavy (non-hydrogen) atoms. The molecule has 0 fully saturated rings. The summed E-state index contributed by atoms with van der Waals surface area (Å²) in [6.45, 7) is 0.967. The molecule has 0 saturated carbocycles. The predicted molar refractivity (Wildman–Crippen MR) is 70.7 cm³/mol. The predicted octanol–water partition coefficient (Wildman–Crippen LogP) is 2.07. The SMILES string of the molecule is COCCN(Cc1ccoc1)C(=O)c1ccc([N+](=O)[O-])o1. The van der Waals surface area contributed by atoms with Crippen LogP contribution in [0.2, 0.25) is 0 Å². The minimum atomic E-state index is -0.688. The van der Waals surface area contributed by atoms with Crippen molar-refractivity contribution in [2.24, 2.45) is 0 Å². The van der Waals surface area contributed by atoms with Gasteiger partial charge in [0, 0.05) is 25.8 Å². The number of furan rings is 2. The summed E-state index contributed by atoms with van der Waals surface area (Å²) in [7, 11) is 1.53. The third kappa shape index (κ3) is 3.69. The van der Waals surface area contributed by atoms with Gasteiger partial charge >= 0.3 is 5.88 Å². The van der Waals surface area contributed by atoms with Gasteiger partial charge in [-0.15, -0.1) is 0 Å². The number of methoxy groups -OCH3 is 1. The number of nitro groups is 1. The molecule has 0 unspecified atom stereocenters. The number of amides is 1. The molecule has 0 N–H and O–H groups in total. The first-order valence-electron chi connectivity index (χ1n) is 6.15. The van der Waals surface area contributed by atoms with Gasteiger partial charge in [-0.05, 0) is 12.1 Å². The summed E-state index contributed by atoms with van der Waals surface area (Å²) in [6, 6.07) is 4.17. The highest BCUT2D eigenvalue weighted by molar-refractivity contribution is 5.91. The summed E-state index contributed by atoms with van der Waals surface area (Å²) >= 11 is 0. The molecule has 1 amide bonds. The lowest BCUT2D eigenvalue weighted by atomic mass is 10.3. The van der Waals surface area contributed by atoms with E-state index in [0.717, 1.165) is 11.6 Å². The highest BCUT2D eigenvalue weighted by Gasteiger charge is 2.22. The van der Waals surface area contributed by atoms with Crippen LogP contribution in [0.25, 0.3) is 0 Å². The van der Waals surface area contributed by atoms with Crippen molar-refractivity contribution >= 4 is 11.8 Å². The standard InChI is InChI=1S/C13H14N2O6/c1-19-7-5-14(8-10-4-6-20-9-10)13(16)11-2-3-12(21-11)15(17)18/h2-4,6,9H,5,7-8H2,1H3. The summed E-state index contributed by atoms with van der Waals surface area (Å²) in [5.74, 6) is -0.990. The molecule has 2 aromatic heterocycles. The molecule has 0 radical (unpaired) electrons. The van der Waals surface area contributed by atoms with E-state index in [2.05, 4.69) is 0 Å². The number of nitrogens with zero attached hydrogens (tertiary/aromatic N) is 2. The average Bonchev–Trinajstić information content (AvgIpc) is 3.13. The molecule has 0 atom stereocenters. The second kappa shape index (κ2) is 6.71. The van der Waals surface area contributed by atoms with Gasteiger partial charge in [0.2, 0.25) is 0 Å². The van der Waals surface area contributed by atoms with Crippen molar-refractivity contribution in [3.05, 3.63) is 52.2 Å². The van der Waals surface area contributed by atoms with Gasteiger partial charge in [-0.1, -0.05) is 0 Å². The Morgan fingerprint density at radius 2 is 2.24 bits per heavy atom. The van der Waals surface area contributed by atoms with E-state index in [-0.39, 0.29) is 5.76 Å². The van der Waals surface area contributed by atoms with E-state index in [1.165, 1.54) is 30.6 Å². The number of ether oxygens (including phenoxy) is 1. The van der Waals surface area contributed by atoms with Crippen molar-refractivity contribution in [2.45, 2.75) is 6.54 Å². The minimum Gasteiger partial charge on any atom is -0.472 e. The summed E-state index contributed by atoms with van der Waals surface area (Å²) in [5.41, 5.74) is 0.806. The fraction of sp³-hybridized carbons (Fsp3) is 0.308. The summed E-state index contributed by atoms with van der Waals surface area (Å²) in [5, 5.41) is 10.6. The zero-order valence-corrected chi connectivity index (χ0v) is 11.4. The van der Waals surface area contributed by atoms with Crippen LogP contribution in [0.15, 0.2) is 39.6 Å². The maximum atomic E-state index is 12.3. The molecule has 0 aromatic carbocycles. The lowest BCUT2D eigenvalue weighted by Crippen LogP contribution is -2.33. The second-order valence-corrected chi connectivity index (χ2v) is 4.25. The van der Waals surface area contributed by atoms with E-state index < -0.39 is 16.7 Å². The maximum Gasteiger partial charge on any atom is 0.433 e. The Labute approximate surface area is 120 Å². The number of hydrogen-bond donors (Lipinski definition) is 0. The zero-order chi connectivity index (χ0) is 15.2. The quantitative estimate of drug-likeness (QED) is 0.572. The lowest BCUT2D eigenvalue weighted by molar-refractivity contribution is -0.402. The fourth-order valence-corrected chi connectivity index (χ4v) is 1.75. The summed E-state index contributed by atoms with van der Waals surface area (Å²) in [6.07, 6.45) is 3.03. The van der Waals surface area contributed by atoms with Crippen molar-refractivity contribution in [2.75, 3.05) is 20.3 Å². The van der Waals surface area contributed by atoms with Gasteiger partial charge in [-0.2, -0.15) is 0 Å². The van der Waals surface area contributed by atoms with Crippen molar-refractivity contribution in [1.82, 2.24) is 4.90 Å². The normalized spacial score (nSPS) is 10.5. The number of hydrogen-bond acceptors (Lipinski definition) is 6. The average molecular weight is 294 g/mol. The molecule has 8 nitrogen and oxygen atoms in total. The molecule has 0 aliphatic carbocycles. The van der Waals surface area contributed by atoms with Crippen molar-refractivity contribution in [3.8, 4) is 0 Å². The Kier molecular flexibility index (Phi) is 4.72. The van der Waals surface area contributed by atoms with E-state index in [9.17, 15) is 14.9 Å².